The van der Waals surface area contributed by atoms with E-state index in [9.17, 15) is 15.0 Å². The van der Waals surface area contributed by atoms with Crippen LogP contribution in [0.15, 0.2) is 30.3 Å². The molecule has 0 amide bonds. The topological polar surface area (TPSA) is 78.8 Å². The van der Waals surface area contributed by atoms with Gasteiger partial charge in [-0.1, -0.05) is 44.0 Å². The summed E-state index contributed by atoms with van der Waals surface area (Å²) in [5, 5.41) is 24.1. The lowest BCUT2D eigenvalue weighted by molar-refractivity contribution is -0.0244. The summed E-state index contributed by atoms with van der Waals surface area (Å²) >= 11 is 12.0. The van der Waals surface area contributed by atoms with Crippen LogP contribution in [0, 0.1) is 16.7 Å². The normalized spacial score (nSPS) is 26.1. The van der Waals surface area contributed by atoms with Gasteiger partial charge in [-0.05, 0) is 60.9 Å². The van der Waals surface area contributed by atoms with E-state index in [0.29, 0.717) is 22.2 Å². The number of hydrogen-bond acceptors (Lipinski definition) is 5. The molecule has 5 nitrogen and oxygen atoms in total. The van der Waals surface area contributed by atoms with Gasteiger partial charge in [-0.15, -0.1) is 0 Å². The summed E-state index contributed by atoms with van der Waals surface area (Å²) in [5.74, 6) is -0.153. The highest BCUT2D eigenvalue weighted by Crippen LogP contribution is 2.66. The second kappa shape index (κ2) is 7.79. The molecule has 0 heterocycles. The van der Waals surface area contributed by atoms with E-state index in [1.54, 1.807) is 18.2 Å². The van der Waals surface area contributed by atoms with Crippen LogP contribution >= 0.6 is 23.2 Å². The van der Waals surface area contributed by atoms with Crippen LogP contribution in [0.25, 0.3) is 0 Å². The van der Waals surface area contributed by atoms with Gasteiger partial charge in [0.15, 0.2) is 0 Å². The number of benzene rings is 2. The van der Waals surface area contributed by atoms with E-state index >= 15 is 0 Å². The molecule has 3 atom stereocenters. The van der Waals surface area contributed by atoms with Gasteiger partial charge in [0.1, 0.15) is 23.2 Å². The Bertz CT molecular complexity index is 1040. The third kappa shape index (κ3) is 3.72. The average molecular weight is 464 g/mol. The molecule has 0 aromatic heterocycles. The molecule has 2 aliphatic rings. The summed E-state index contributed by atoms with van der Waals surface area (Å²) in [6, 6.07) is 7.74. The molecule has 3 N–H and O–H groups in total. The molecule has 0 spiro atoms. The Morgan fingerprint density at radius 3 is 2.58 bits per heavy atom. The molecule has 2 aromatic carbocycles. The molecule has 2 aliphatic carbocycles. The first-order chi connectivity index (χ1) is 14.5. The molecular formula is C24H27Cl2NO4. The fourth-order valence-electron chi connectivity index (χ4n) is 5.26. The standard InChI is InChI=1S/C24H27Cl2NO4/c1-23(2)14-6-7-24(23,3)20(9-14)31-22(30)17-11-16(4-5-19(17)28)27-12-13-8-15(25)10-18(26)21(13)29/h4-5,8,10-11,14,20,27-29H,6-7,9,12H2,1-3H3. The maximum Gasteiger partial charge on any atom is 0.342 e. The molecule has 2 bridgehead atoms. The number of carbonyl (C=O) groups is 1. The van der Waals surface area contributed by atoms with Gasteiger partial charge in [0.2, 0.25) is 0 Å². The smallest absolute Gasteiger partial charge is 0.342 e. The number of anilines is 1. The quantitative estimate of drug-likeness (QED) is 0.353. The molecule has 4 rings (SSSR count). The number of carbonyl (C=O) groups excluding carboxylic acids is 1. The van der Waals surface area contributed by atoms with Gasteiger partial charge in [-0.25, -0.2) is 4.79 Å². The van der Waals surface area contributed by atoms with Crippen LogP contribution < -0.4 is 5.32 Å². The van der Waals surface area contributed by atoms with Crippen molar-refractivity contribution in [3.63, 3.8) is 0 Å². The summed E-state index contributed by atoms with van der Waals surface area (Å²) in [7, 11) is 0. The minimum absolute atomic E-state index is 0.0517. The number of fused-ring (bicyclic) bond motifs is 2. The third-order valence-corrected chi connectivity index (χ3v) is 8.28. The minimum atomic E-state index is -0.524. The SMILES string of the molecule is CC1(C)C2CCC1(C)C(OC(=O)c1cc(NCc3cc(Cl)cc(Cl)c3O)ccc1O)C2. The van der Waals surface area contributed by atoms with Crippen molar-refractivity contribution >= 4 is 34.9 Å². The maximum absolute atomic E-state index is 12.9. The zero-order chi connectivity index (χ0) is 22.6. The van der Waals surface area contributed by atoms with Gasteiger partial charge in [-0.2, -0.15) is 0 Å². The minimum Gasteiger partial charge on any atom is -0.507 e. The molecule has 7 heteroatoms. The third-order valence-electron chi connectivity index (χ3n) is 7.77. The Labute approximate surface area is 192 Å². The molecule has 166 valence electrons. The van der Waals surface area contributed by atoms with Crippen LogP contribution in [-0.4, -0.2) is 22.3 Å². The van der Waals surface area contributed by atoms with Crippen molar-refractivity contribution in [1.82, 2.24) is 0 Å². The summed E-state index contributed by atoms with van der Waals surface area (Å²) < 4.78 is 5.92. The lowest BCUT2D eigenvalue weighted by atomic mass is 9.70. The van der Waals surface area contributed by atoms with Crippen LogP contribution in [0.4, 0.5) is 5.69 Å². The highest BCUT2D eigenvalue weighted by atomic mass is 35.5. The lowest BCUT2D eigenvalue weighted by Crippen LogP contribution is -2.38. The van der Waals surface area contributed by atoms with Gasteiger partial charge >= 0.3 is 5.97 Å². The molecule has 3 unspecified atom stereocenters. The number of phenolic OH excluding ortho intramolecular Hbond substituents is 2. The first-order valence-electron chi connectivity index (χ1n) is 10.5. The van der Waals surface area contributed by atoms with Crippen molar-refractivity contribution in [2.45, 2.75) is 52.7 Å². The predicted molar refractivity (Wildman–Crippen MR) is 122 cm³/mol. The van der Waals surface area contributed by atoms with E-state index in [1.165, 1.54) is 18.6 Å². The Morgan fingerprint density at radius 1 is 1.19 bits per heavy atom. The van der Waals surface area contributed by atoms with E-state index in [-0.39, 0.29) is 45.6 Å². The molecule has 0 radical (unpaired) electrons. The van der Waals surface area contributed by atoms with Gasteiger partial charge < -0.3 is 20.3 Å². The highest BCUT2D eigenvalue weighted by Gasteiger charge is 2.62. The largest absolute Gasteiger partial charge is 0.507 e. The number of nitrogens with one attached hydrogen (secondary N) is 1. The van der Waals surface area contributed by atoms with E-state index in [2.05, 4.69) is 26.1 Å². The van der Waals surface area contributed by atoms with Crippen molar-refractivity contribution in [1.29, 1.82) is 0 Å². The number of aromatic hydroxyl groups is 2. The fourth-order valence-corrected chi connectivity index (χ4v) is 5.80. The number of hydrogen-bond donors (Lipinski definition) is 3. The zero-order valence-corrected chi connectivity index (χ0v) is 19.3. The maximum atomic E-state index is 12.9. The van der Waals surface area contributed by atoms with Crippen molar-refractivity contribution in [2.24, 2.45) is 16.7 Å². The van der Waals surface area contributed by atoms with Gasteiger partial charge in [-0.3, -0.25) is 0 Å². The summed E-state index contributed by atoms with van der Waals surface area (Å²) in [6.45, 7) is 6.97. The number of ether oxygens (including phenoxy) is 1. The van der Waals surface area contributed by atoms with Gasteiger partial charge in [0.05, 0.1) is 5.02 Å². The Kier molecular flexibility index (Phi) is 5.55. The first-order valence-corrected chi connectivity index (χ1v) is 11.2. The van der Waals surface area contributed by atoms with Gasteiger partial charge in [0, 0.05) is 28.2 Å². The second-order valence-electron chi connectivity index (χ2n) is 9.49. The van der Waals surface area contributed by atoms with Crippen LogP contribution in [0.3, 0.4) is 0 Å². The molecule has 0 aliphatic heterocycles. The van der Waals surface area contributed by atoms with Crippen molar-refractivity contribution in [2.75, 3.05) is 5.32 Å². The van der Waals surface area contributed by atoms with Gasteiger partial charge in [0.25, 0.3) is 0 Å². The monoisotopic (exact) mass is 463 g/mol. The summed E-state index contributed by atoms with van der Waals surface area (Å²) in [5.41, 5.74) is 1.31. The van der Waals surface area contributed by atoms with Crippen LogP contribution in [0.5, 0.6) is 11.5 Å². The molecule has 0 saturated heterocycles. The number of esters is 1. The summed E-state index contributed by atoms with van der Waals surface area (Å²) in [4.78, 5) is 12.9. The Balaban J connectivity index is 1.49. The first kappa shape index (κ1) is 22.1. The average Bonchev–Trinajstić information content (AvgIpc) is 3.04. The van der Waals surface area contributed by atoms with E-state index < -0.39 is 5.97 Å². The van der Waals surface area contributed by atoms with Crippen LogP contribution in [0.1, 0.15) is 56.0 Å². The Hall–Kier alpha value is -2.11. The molecule has 2 aromatic rings. The van der Waals surface area contributed by atoms with Crippen LogP contribution in [-0.2, 0) is 11.3 Å². The number of halogens is 2. The van der Waals surface area contributed by atoms with Crippen molar-refractivity contribution in [3.05, 3.63) is 51.5 Å². The highest BCUT2D eigenvalue weighted by molar-refractivity contribution is 6.35. The summed E-state index contributed by atoms with van der Waals surface area (Å²) in [6.07, 6.45) is 2.92. The number of rotatable bonds is 5. The predicted octanol–water partition coefficient (Wildman–Crippen LogP) is 6.39. The van der Waals surface area contributed by atoms with Crippen molar-refractivity contribution < 1.29 is 19.7 Å². The fraction of sp³-hybridized carbons (Fsp3) is 0.458. The molecular weight excluding hydrogens is 437 g/mol. The van der Waals surface area contributed by atoms with Crippen molar-refractivity contribution in [3.8, 4) is 11.5 Å². The Morgan fingerprint density at radius 2 is 1.94 bits per heavy atom. The molecule has 31 heavy (non-hydrogen) atoms. The molecule has 2 saturated carbocycles. The van der Waals surface area contributed by atoms with E-state index in [4.69, 9.17) is 27.9 Å². The lowest BCUT2D eigenvalue weighted by Gasteiger charge is -2.38. The van der Waals surface area contributed by atoms with E-state index in [1.807, 2.05) is 0 Å². The number of phenols is 2. The second-order valence-corrected chi connectivity index (χ2v) is 10.3. The zero-order valence-electron chi connectivity index (χ0n) is 17.8. The molecule has 2 fully saturated rings. The van der Waals surface area contributed by atoms with Crippen LogP contribution in [0.2, 0.25) is 10.0 Å². The van der Waals surface area contributed by atoms with E-state index in [0.717, 1.165) is 12.8 Å².